The van der Waals surface area contributed by atoms with E-state index in [0.717, 1.165) is 25.9 Å². The molecule has 126 valence electrons. The molecule has 0 aliphatic carbocycles. The molecule has 2 unspecified atom stereocenters. The predicted molar refractivity (Wildman–Crippen MR) is 85.3 cm³/mol. The molecule has 0 bridgehead atoms. The molecular formula is C15H31NO4S. The Morgan fingerprint density at radius 1 is 1.29 bits per heavy atom. The fraction of sp³-hybridized carbons (Fsp3) is 1.00. The van der Waals surface area contributed by atoms with Crippen molar-refractivity contribution < 1.29 is 17.9 Å². The highest BCUT2D eigenvalue weighted by atomic mass is 32.2. The van der Waals surface area contributed by atoms with Gasteiger partial charge in [0.15, 0.2) is 9.84 Å². The average molecular weight is 321 g/mol. The molecule has 0 amide bonds. The van der Waals surface area contributed by atoms with Gasteiger partial charge in [-0.2, -0.15) is 0 Å². The normalized spacial score (nSPS) is 23.3. The van der Waals surface area contributed by atoms with E-state index in [0.29, 0.717) is 30.6 Å². The van der Waals surface area contributed by atoms with Crippen molar-refractivity contribution in [1.82, 2.24) is 5.32 Å². The lowest BCUT2D eigenvalue weighted by Gasteiger charge is -2.26. The van der Waals surface area contributed by atoms with E-state index in [9.17, 15) is 8.42 Å². The molecular weight excluding hydrogens is 290 g/mol. The molecule has 6 heteroatoms. The molecule has 1 rings (SSSR count). The van der Waals surface area contributed by atoms with Gasteiger partial charge < -0.3 is 14.8 Å². The van der Waals surface area contributed by atoms with Crippen LogP contribution in [0.4, 0.5) is 0 Å². The van der Waals surface area contributed by atoms with Crippen LogP contribution in [0, 0.1) is 11.8 Å². The molecule has 1 aliphatic heterocycles. The third kappa shape index (κ3) is 8.14. The van der Waals surface area contributed by atoms with E-state index in [1.807, 2.05) is 20.8 Å². The van der Waals surface area contributed by atoms with Gasteiger partial charge in [-0.3, -0.25) is 0 Å². The Morgan fingerprint density at radius 2 is 2.00 bits per heavy atom. The number of rotatable bonds is 9. The average Bonchev–Trinajstić information content (AvgIpc) is 2.71. The lowest BCUT2D eigenvalue weighted by molar-refractivity contribution is -0.0117. The van der Waals surface area contributed by atoms with Crippen LogP contribution in [-0.2, 0) is 19.3 Å². The monoisotopic (exact) mass is 321 g/mol. The SMILES string of the molecule is COCCNCC(CCOC(C)(C)C)C1CCS(=O)(=O)C1. The maximum atomic E-state index is 11.7. The number of hydrogen-bond donors (Lipinski definition) is 1. The number of methoxy groups -OCH3 is 1. The topological polar surface area (TPSA) is 64.6 Å². The molecule has 1 heterocycles. The molecule has 5 nitrogen and oxygen atoms in total. The van der Waals surface area contributed by atoms with Gasteiger partial charge in [0.2, 0.25) is 0 Å². The van der Waals surface area contributed by atoms with E-state index >= 15 is 0 Å². The van der Waals surface area contributed by atoms with E-state index in [-0.39, 0.29) is 11.5 Å². The van der Waals surface area contributed by atoms with Crippen LogP contribution < -0.4 is 5.32 Å². The summed E-state index contributed by atoms with van der Waals surface area (Å²) < 4.78 is 34.2. The van der Waals surface area contributed by atoms with Crippen LogP contribution in [-0.4, -0.2) is 58.9 Å². The number of ether oxygens (including phenoxy) is 2. The Kier molecular flexibility index (Phi) is 7.60. The van der Waals surface area contributed by atoms with Gasteiger partial charge in [0.1, 0.15) is 0 Å². The highest BCUT2D eigenvalue weighted by Gasteiger charge is 2.33. The summed E-state index contributed by atoms with van der Waals surface area (Å²) in [6.45, 7) is 9.10. The van der Waals surface area contributed by atoms with E-state index in [1.165, 1.54) is 0 Å². The molecule has 1 fully saturated rings. The smallest absolute Gasteiger partial charge is 0.150 e. The Balaban J connectivity index is 2.45. The second kappa shape index (κ2) is 8.46. The fourth-order valence-corrected chi connectivity index (χ4v) is 4.60. The first-order chi connectivity index (χ1) is 9.73. The zero-order valence-corrected chi connectivity index (χ0v) is 14.7. The van der Waals surface area contributed by atoms with Gasteiger partial charge in [-0.1, -0.05) is 0 Å². The van der Waals surface area contributed by atoms with Crippen LogP contribution in [0.25, 0.3) is 0 Å². The summed E-state index contributed by atoms with van der Waals surface area (Å²) in [5.41, 5.74) is -0.143. The molecule has 0 aromatic heterocycles. The zero-order chi connectivity index (χ0) is 15.9. The van der Waals surface area contributed by atoms with Crippen LogP contribution in [0.3, 0.4) is 0 Å². The molecule has 0 radical (unpaired) electrons. The van der Waals surface area contributed by atoms with Crippen molar-refractivity contribution in [3.63, 3.8) is 0 Å². The molecule has 0 aromatic rings. The summed E-state index contributed by atoms with van der Waals surface area (Å²) in [5, 5.41) is 3.36. The quantitative estimate of drug-likeness (QED) is 0.652. The lowest BCUT2D eigenvalue weighted by atomic mass is 9.89. The first-order valence-electron chi connectivity index (χ1n) is 7.77. The standard InChI is InChI=1S/C15H31NO4S/c1-15(2,3)20-8-5-13(11-16-7-9-19-4)14-6-10-21(17,18)12-14/h13-14,16H,5-12H2,1-4H3. The first-order valence-corrected chi connectivity index (χ1v) is 9.60. The van der Waals surface area contributed by atoms with Gasteiger partial charge in [0, 0.05) is 20.3 Å². The van der Waals surface area contributed by atoms with Gasteiger partial charge in [0.25, 0.3) is 0 Å². The van der Waals surface area contributed by atoms with Crippen LogP contribution >= 0.6 is 0 Å². The van der Waals surface area contributed by atoms with Gasteiger partial charge in [0.05, 0.1) is 23.7 Å². The first kappa shape index (κ1) is 18.9. The maximum Gasteiger partial charge on any atom is 0.150 e. The molecule has 1 saturated heterocycles. The Hall–Kier alpha value is -0.170. The van der Waals surface area contributed by atoms with E-state index in [1.54, 1.807) is 7.11 Å². The minimum Gasteiger partial charge on any atom is -0.383 e. The Bertz CT molecular complexity index is 389. The van der Waals surface area contributed by atoms with Gasteiger partial charge in [-0.25, -0.2) is 8.42 Å². The zero-order valence-electron chi connectivity index (χ0n) is 13.9. The van der Waals surface area contributed by atoms with E-state index in [2.05, 4.69) is 5.32 Å². The van der Waals surface area contributed by atoms with Crippen molar-refractivity contribution in [1.29, 1.82) is 0 Å². The number of sulfone groups is 1. The molecule has 0 spiro atoms. The second-order valence-electron chi connectivity index (χ2n) is 6.87. The van der Waals surface area contributed by atoms with E-state index < -0.39 is 9.84 Å². The Labute approximate surface area is 129 Å². The van der Waals surface area contributed by atoms with Gasteiger partial charge in [-0.05, 0) is 52.0 Å². The summed E-state index contributed by atoms with van der Waals surface area (Å²) in [6.07, 6.45) is 1.69. The summed E-state index contributed by atoms with van der Waals surface area (Å²) in [5.74, 6) is 1.28. The van der Waals surface area contributed by atoms with Crippen molar-refractivity contribution in [2.45, 2.75) is 39.2 Å². The summed E-state index contributed by atoms with van der Waals surface area (Å²) in [6, 6.07) is 0. The lowest BCUT2D eigenvalue weighted by Crippen LogP contribution is -2.32. The van der Waals surface area contributed by atoms with Crippen molar-refractivity contribution in [3.05, 3.63) is 0 Å². The van der Waals surface area contributed by atoms with Gasteiger partial charge >= 0.3 is 0 Å². The molecule has 0 saturated carbocycles. The van der Waals surface area contributed by atoms with Crippen LogP contribution in [0.15, 0.2) is 0 Å². The van der Waals surface area contributed by atoms with Crippen molar-refractivity contribution in [2.75, 3.05) is 44.9 Å². The molecule has 21 heavy (non-hydrogen) atoms. The largest absolute Gasteiger partial charge is 0.383 e. The predicted octanol–water partition coefficient (Wildman–Crippen LogP) is 1.48. The third-order valence-corrected chi connectivity index (χ3v) is 5.64. The minimum atomic E-state index is -2.82. The third-order valence-electron chi connectivity index (χ3n) is 3.85. The molecule has 2 atom stereocenters. The van der Waals surface area contributed by atoms with E-state index in [4.69, 9.17) is 9.47 Å². The highest BCUT2D eigenvalue weighted by Crippen LogP contribution is 2.28. The molecule has 1 N–H and O–H groups in total. The van der Waals surface area contributed by atoms with Crippen molar-refractivity contribution in [3.8, 4) is 0 Å². The summed E-state index contributed by atoms with van der Waals surface area (Å²) in [7, 11) is -1.14. The number of nitrogens with one attached hydrogen (secondary N) is 1. The maximum absolute atomic E-state index is 11.7. The van der Waals surface area contributed by atoms with Crippen LogP contribution in [0.2, 0.25) is 0 Å². The minimum absolute atomic E-state index is 0.143. The van der Waals surface area contributed by atoms with Crippen LogP contribution in [0.1, 0.15) is 33.6 Å². The number of hydrogen-bond acceptors (Lipinski definition) is 5. The van der Waals surface area contributed by atoms with Crippen LogP contribution in [0.5, 0.6) is 0 Å². The van der Waals surface area contributed by atoms with Gasteiger partial charge in [-0.15, -0.1) is 0 Å². The fourth-order valence-electron chi connectivity index (χ4n) is 2.68. The van der Waals surface area contributed by atoms with Crippen molar-refractivity contribution in [2.24, 2.45) is 11.8 Å². The highest BCUT2D eigenvalue weighted by molar-refractivity contribution is 7.91. The summed E-state index contributed by atoms with van der Waals surface area (Å²) >= 11 is 0. The molecule has 0 aromatic carbocycles. The summed E-state index contributed by atoms with van der Waals surface area (Å²) in [4.78, 5) is 0. The second-order valence-corrected chi connectivity index (χ2v) is 9.10. The molecule has 1 aliphatic rings. The Morgan fingerprint density at radius 3 is 2.52 bits per heavy atom. The van der Waals surface area contributed by atoms with Crippen molar-refractivity contribution >= 4 is 9.84 Å².